The molecule has 0 unspecified atom stereocenters. The van der Waals surface area contributed by atoms with Crippen molar-refractivity contribution in [2.75, 3.05) is 37.5 Å². The average molecular weight is 283 g/mol. The monoisotopic (exact) mass is 283 g/mol. The van der Waals surface area contributed by atoms with Gasteiger partial charge in [-0.15, -0.1) is 0 Å². The van der Waals surface area contributed by atoms with Crippen molar-refractivity contribution in [1.29, 1.82) is 0 Å². The van der Waals surface area contributed by atoms with Gasteiger partial charge in [-0.05, 0) is 25.1 Å². The summed E-state index contributed by atoms with van der Waals surface area (Å²) < 4.78 is 28.4. The second-order valence-electron chi connectivity index (χ2n) is 4.61. The molecule has 1 heterocycles. The van der Waals surface area contributed by atoms with Crippen LogP contribution in [0.25, 0.3) is 0 Å². The number of ketones is 1. The summed E-state index contributed by atoms with van der Waals surface area (Å²) in [6.45, 7) is 4.10. The number of hydrogen-bond acceptors (Lipinski definition) is 5. The SMILES string of the molecule is CC(=O)c1cc(S(C)(=O)=O)ccc1N1CCOCC1. The van der Waals surface area contributed by atoms with Gasteiger partial charge in [0.1, 0.15) is 0 Å². The highest BCUT2D eigenvalue weighted by Gasteiger charge is 2.19. The van der Waals surface area contributed by atoms with Crippen LogP contribution in [0.4, 0.5) is 5.69 Å². The van der Waals surface area contributed by atoms with Gasteiger partial charge in [0.05, 0.1) is 18.1 Å². The van der Waals surface area contributed by atoms with E-state index in [9.17, 15) is 13.2 Å². The maximum atomic E-state index is 11.7. The highest BCUT2D eigenvalue weighted by molar-refractivity contribution is 7.90. The third-order valence-corrected chi connectivity index (χ3v) is 4.24. The molecule has 0 radical (unpaired) electrons. The molecule has 0 saturated carbocycles. The number of Topliss-reactive ketones (excluding diaryl/α,β-unsaturated/α-hetero) is 1. The zero-order valence-electron chi connectivity index (χ0n) is 11.0. The van der Waals surface area contributed by atoms with E-state index in [1.807, 2.05) is 4.90 Å². The van der Waals surface area contributed by atoms with Gasteiger partial charge >= 0.3 is 0 Å². The summed E-state index contributed by atoms with van der Waals surface area (Å²) in [5.41, 5.74) is 1.23. The molecule has 0 spiro atoms. The van der Waals surface area contributed by atoms with Crippen molar-refractivity contribution in [2.45, 2.75) is 11.8 Å². The molecule has 1 aliphatic rings. The number of anilines is 1. The lowest BCUT2D eigenvalue weighted by molar-refractivity contribution is 0.101. The highest BCUT2D eigenvalue weighted by Crippen LogP contribution is 2.25. The first-order chi connectivity index (χ1) is 8.89. The van der Waals surface area contributed by atoms with Gasteiger partial charge in [-0.25, -0.2) is 8.42 Å². The number of rotatable bonds is 3. The molecular weight excluding hydrogens is 266 g/mol. The molecule has 0 aliphatic carbocycles. The number of benzene rings is 1. The van der Waals surface area contributed by atoms with Crippen LogP contribution < -0.4 is 4.90 Å². The number of ether oxygens (including phenoxy) is 1. The molecule has 0 aromatic heterocycles. The Morgan fingerprint density at radius 1 is 1.26 bits per heavy atom. The number of sulfone groups is 1. The second kappa shape index (κ2) is 5.30. The number of morpholine rings is 1. The highest BCUT2D eigenvalue weighted by atomic mass is 32.2. The largest absolute Gasteiger partial charge is 0.378 e. The Hall–Kier alpha value is -1.40. The summed E-state index contributed by atoms with van der Waals surface area (Å²) in [4.78, 5) is 14.0. The summed E-state index contributed by atoms with van der Waals surface area (Å²) >= 11 is 0. The molecule has 2 rings (SSSR count). The lowest BCUT2D eigenvalue weighted by atomic mass is 10.1. The quantitative estimate of drug-likeness (QED) is 0.778. The number of carbonyl (C=O) groups is 1. The predicted molar refractivity (Wildman–Crippen MR) is 72.6 cm³/mol. The van der Waals surface area contributed by atoms with Crippen LogP contribution in [0.2, 0.25) is 0 Å². The molecule has 1 saturated heterocycles. The van der Waals surface area contributed by atoms with E-state index in [1.165, 1.54) is 13.0 Å². The normalized spacial score (nSPS) is 16.4. The summed E-state index contributed by atoms with van der Waals surface area (Å²) in [5, 5.41) is 0. The van der Waals surface area contributed by atoms with Gasteiger partial charge in [-0.3, -0.25) is 4.79 Å². The van der Waals surface area contributed by atoms with E-state index in [-0.39, 0.29) is 10.7 Å². The minimum absolute atomic E-state index is 0.132. The minimum atomic E-state index is -3.30. The van der Waals surface area contributed by atoms with E-state index >= 15 is 0 Å². The van der Waals surface area contributed by atoms with Gasteiger partial charge in [0.15, 0.2) is 15.6 Å². The standard InChI is InChI=1S/C13H17NO4S/c1-10(15)12-9-11(19(2,16)17)3-4-13(12)14-5-7-18-8-6-14/h3-4,9H,5-8H2,1-2H3. The topological polar surface area (TPSA) is 63.7 Å². The van der Waals surface area contributed by atoms with Crippen molar-refractivity contribution in [3.8, 4) is 0 Å². The number of hydrogen-bond donors (Lipinski definition) is 0. The third kappa shape index (κ3) is 3.13. The van der Waals surface area contributed by atoms with Crippen molar-refractivity contribution in [3.05, 3.63) is 23.8 Å². The average Bonchev–Trinajstić information content (AvgIpc) is 2.38. The van der Waals surface area contributed by atoms with Crippen molar-refractivity contribution < 1.29 is 17.9 Å². The Labute approximate surface area is 113 Å². The zero-order valence-corrected chi connectivity index (χ0v) is 11.9. The van der Waals surface area contributed by atoms with E-state index in [2.05, 4.69) is 0 Å². The first-order valence-electron chi connectivity index (χ1n) is 6.07. The molecule has 19 heavy (non-hydrogen) atoms. The van der Waals surface area contributed by atoms with Crippen LogP contribution in [-0.2, 0) is 14.6 Å². The maximum Gasteiger partial charge on any atom is 0.175 e. The van der Waals surface area contributed by atoms with Crippen LogP contribution in [0, 0.1) is 0 Å². The predicted octanol–water partition coefficient (Wildman–Crippen LogP) is 1.13. The van der Waals surface area contributed by atoms with Gasteiger partial charge in [0, 0.05) is 30.6 Å². The van der Waals surface area contributed by atoms with Crippen molar-refractivity contribution in [2.24, 2.45) is 0 Å². The lowest BCUT2D eigenvalue weighted by Crippen LogP contribution is -2.37. The lowest BCUT2D eigenvalue weighted by Gasteiger charge is -2.30. The molecular formula is C13H17NO4S. The molecule has 0 atom stereocenters. The van der Waals surface area contributed by atoms with Crippen LogP contribution in [0.3, 0.4) is 0 Å². The fourth-order valence-corrected chi connectivity index (χ4v) is 2.75. The Bertz CT molecular complexity index is 589. The summed E-state index contributed by atoms with van der Waals surface area (Å²) in [6.07, 6.45) is 1.14. The summed E-state index contributed by atoms with van der Waals surface area (Å²) in [7, 11) is -3.30. The van der Waals surface area contributed by atoms with E-state index in [4.69, 9.17) is 4.74 Å². The van der Waals surface area contributed by atoms with Crippen LogP contribution in [0.1, 0.15) is 17.3 Å². The first-order valence-corrected chi connectivity index (χ1v) is 7.96. The van der Waals surface area contributed by atoms with E-state index in [1.54, 1.807) is 12.1 Å². The van der Waals surface area contributed by atoms with Crippen LogP contribution in [-0.4, -0.2) is 46.8 Å². The Balaban J connectivity index is 2.46. The van der Waals surface area contributed by atoms with Crippen molar-refractivity contribution >= 4 is 21.3 Å². The van der Waals surface area contributed by atoms with Gasteiger partial charge in [0.25, 0.3) is 0 Å². The minimum Gasteiger partial charge on any atom is -0.378 e. The molecule has 0 amide bonds. The van der Waals surface area contributed by atoms with Gasteiger partial charge in [-0.2, -0.15) is 0 Å². The van der Waals surface area contributed by atoms with Gasteiger partial charge in [-0.1, -0.05) is 0 Å². The fourth-order valence-electron chi connectivity index (χ4n) is 2.11. The van der Waals surface area contributed by atoms with Gasteiger partial charge in [0.2, 0.25) is 0 Å². The van der Waals surface area contributed by atoms with Crippen LogP contribution >= 0.6 is 0 Å². The fraction of sp³-hybridized carbons (Fsp3) is 0.462. The summed E-state index contributed by atoms with van der Waals surface area (Å²) in [6, 6.07) is 4.72. The first kappa shape index (κ1) is 14.0. The van der Waals surface area contributed by atoms with Crippen LogP contribution in [0.15, 0.2) is 23.1 Å². The van der Waals surface area contributed by atoms with Crippen LogP contribution in [0.5, 0.6) is 0 Å². The Kier molecular flexibility index (Phi) is 3.91. The number of nitrogens with zero attached hydrogens (tertiary/aromatic N) is 1. The second-order valence-corrected chi connectivity index (χ2v) is 6.62. The molecule has 0 N–H and O–H groups in total. The number of carbonyl (C=O) groups excluding carboxylic acids is 1. The Morgan fingerprint density at radius 2 is 1.89 bits per heavy atom. The molecule has 6 heteroatoms. The zero-order chi connectivity index (χ0) is 14.0. The molecule has 0 bridgehead atoms. The molecule has 1 aromatic carbocycles. The molecule has 5 nitrogen and oxygen atoms in total. The molecule has 104 valence electrons. The van der Waals surface area contributed by atoms with Gasteiger partial charge < -0.3 is 9.64 Å². The molecule has 1 fully saturated rings. The van der Waals surface area contributed by atoms with Crippen molar-refractivity contribution in [1.82, 2.24) is 0 Å². The van der Waals surface area contributed by atoms with Crippen molar-refractivity contribution in [3.63, 3.8) is 0 Å². The molecule has 1 aliphatic heterocycles. The van der Waals surface area contributed by atoms with E-state index < -0.39 is 9.84 Å². The van der Waals surface area contributed by atoms with E-state index in [0.29, 0.717) is 31.9 Å². The van der Waals surface area contributed by atoms with E-state index in [0.717, 1.165) is 11.9 Å². The maximum absolute atomic E-state index is 11.7. The summed E-state index contributed by atoms with van der Waals surface area (Å²) in [5.74, 6) is -0.132. The molecule has 1 aromatic rings. The Morgan fingerprint density at radius 3 is 2.42 bits per heavy atom. The third-order valence-electron chi connectivity index (χ3n) is 3.13. The smallest absolute Gasteiger partial charge is 0.175 e.